The Balaban J connectivity index is 2.08. The molecular weight excluding hydrogens is 365 g/mol. The van der Waals surface area contributed by atoms with Gasteiger partial charge in [-0.05, 0) is 53.8 Å². The van der Waals surface area contributed by atoms with Crippen LogP contribution in [0, 0.1) is 5.82 Å². The first-order valence-electron chi connectivity index (χ1n) is 8.57. The number of aryl methyl sites for hydroxylation is 1. The van der Waals surface area contributed by atoms with Crippen molar-refractivity contribution in [3.05, 3.63) is 70.7 Å². The van der Waals surface area contributed by atoms with Crippen LogP contribution in [-0.4, -0.2) is 34.2 Å². The number of esters is 1. The van der Waals surface area contributed by atoms with Crippen molar-refractivity contribution >= 4 is 22.8 Å². The number of hydrogen-bond donors (Lipinski definition) is 2. The van der Waals surface area contributed by atoms with E-state index in [1.807, 2.05) is 0 Å². The second kappa shape index (κ2) is 8.04. The van der Waals surface area contributed by atoms with Crippen LogP contribution in [0.15, 0.2) is 42.6 Å². The van der Waals surface area contributed by atoms with Crippen molar-refractivity contribution in [1.82, 2.24) is 4.98 Å². The van der Waals surface area contributed by atoms with Gasteiger partial charge >= 0.3 is 11.9 Å². The first-order chi connectivity index (χ1) is 13.4. The number of rotatable bonds is 6. The smallest absolute Gasteiger partial charge is 0.341 e. The van der Waals surface area contributed by atoms with Crippen molar-refractivity contribution in [3.8, 4) is 5.75 Å². The normalized spacial score (nSPS) is 10.8. The van der Waals surface area contributed by atoms with Crippen LogP contribution >= 0.6 is 0 Å². The number of carboxylic acids is 1. The fraction of sp³-hybridized carbons (Fsp3) is 0.190. The van der Waals surface area contributed by atoms with E-state index in [-0.39, 0.29) is 35.5 Å². The first kappa shape index (κ1) is 19.3. The third kappa shape index (κ3) is 4.09. The number of carboxylic acid groups (broad SMARTS) is 1. The third-order valence-corrected chi connectivity index (χ3v) is 4.42. The van der Waals surface area contributed by atoms with Gasteiger partial charge in [-0.15, -0.1) is 0 Å². The molecule has 3 rings (SSSR count). The van der Waals surface area contributed by atoms with Crippen LogP contribution in [0.25, 0.3) is 10.9 Å². The first-order valence-corrected chi connectivity index (χ1v) is 8.57. The summed E-state index contributed by atoms with van der Waals surface area (Å²) in [5, 5.41) is 20.0. The fourth-order valence-corrected chi connectivity index (χ4v) is 3.04. The molecule has 0 bridgehead atoms. The highest BCUT2D eigenvalue weighted by atomic mass is 19.1. The molecule has 2 N–H and O–H groups in total. The number of pyridine rings is 1. The minimum absolute atomic E-state index is 0.0610. The molecule has 6 nitrogen and oxygen atoms in total. The van der Waals surface area contributed by atoms with Gasteiger partial charge in [-0.1, -0.05) is 12.1 Å². The van der Waals surface area contributed by atoms with Crippen molar-refractivity contribution < 1.29 is 28.9 Å². The van der Waals surface area contributed by atoms with Crippen LogP contribution in [0.3, 0.4) is 0 Å². The van der Waals surface area contributed by atoms with Gasteiger partial charge in [0.05, 0.1) is 7.11 Å². The number of halogens is 1. The monoisotopic (exact) mass is 383 g/mol. The molecule has 1 aromatic heterocycles. The van der Waals surface area contributed by atoms with E-state index in [0.717, 1.165) is 11.1 Å². The summed E-state index contributed by atoms with van der Waals surface area (Å²) in [6.45, 7) is 0. The second-order valence-corrected chi connectivity index (χ2v) is 6.36. The Morgan fingerprint density at radius 2 is 1.86 bits per heavy atom. The predicted octanol–water partition coefficient (Wildman–Crippen LogP) is 3.47. The maximum Gasteiger partial charge on any atom is 0.341 e. The molecule has 3 aromatic rings. The van der Waals surface area contributed by atoms with Gasteiger partial charge in [0.2, 0.25) is 0 Å². The lowest BCUT2D eigenvalue weighted by molar-refractivity contribution is -0.136. The van der Waals surface area contributed by atoms with Crippen LogP contribution in [0.4, 0.5) is 4.39 Å². The van der Waals surface area contributed by atoms with Gasteiger partial charge in [-0.25, -0.2) is 9.18 Å². The third-order valence-electron chi connectivity index (χ3n) is 4.42. The Hall–Kier alpha value is -3.48. The Bertz CT molecular complexity index is 1050. The Morgan fingerprint density at radius 1 is 1.14 bits per heavy atom. The number of methoxy groups -OCH3 is 1. The summed E-state index contributed by atoms with van der Waals surface area (Å²) in [5.41, 5.74) is 2.40. The number of benzene rings is 2. The number of aromatic hydroxyl groups is 1. The Kier molecular flexibility index (Phi) is 5.54. The number of nitrogens with zero attached hydrogens (tertiary/aromatic N) is 1. The summed E-state index contributed by atoms with van der Waals surface area (Å²) in [6, 6.07) is 9.32. The summed E-state index contributed by atoms with van der Waals surface area (Å²) < 4.78 is 17.8. The van der Waals surface area contributed by atoms with Gasteiger partial charge in [-0.3, -0.25) is 9.78 Å². The lowest BCUT2D eigenvalue weighted by Crippen LogP contribution is -2.06. The predicted molar refractivity (Wildman–Crippen MR) is 99.9 cm³/mol. The molecule has 0 saturated heterocycles. The molecule has 144 valence electrons. The van der Waals surface area contributed by atoms with Crippen molar-refractivity contribution in [1.29, 1.82) is 0 Å². The number of fused-ring (bicyclic) bond motifs is 1. The van der Waals surface area contributed by atoms with Crippen LogP contribution in [0.5, 0.6) is 5.75 Å². The van der Waals surface area contributed by atoms with Crippen LogP contribution in [-0.2, 0) is 22.4 Å². The van der Waals surface area contributed by atoms with Gasteiger partial charge in [0.1, 0.15) is 16.9 Å². The topological polar surface area (TPSA) is 96.7 Å². The van der Waals surface area contributed by atoms with Crippen LogP contribution in [0.1, 0.15) is 33.5 Å². The molecule has 0 radical (unpaired) electrons. The number of carbonyl (C=O) groups excluding carboxylic acids is 1. The zero-order valence-electron chi connectivity index (χ0n) is 15.1. The molecule has 2 aromatic carbocycles. The maximum atomic E-state index is 13.1. The minimum atomic E-state index is -0.976. The average Bonchev–Trinajstić information content (AvgIpc) is 2.68. The number of carbonyl (C=O) groups is 2. The van der Waals surface area contributed by atoms with E-state index in [4.69, 9.17) is 5.11 Å². The van der Waals surface area contributed by atoms with Crippen molar-refractivity contribution in [2.24, 2.45) is 0 Å². The van der Waals surface area contributed by atoms with Gasteiger partial charge in [0.25, 0.3) is 0 Å². The molecule has 0 aliphatic heterocycles. The number of phenolic OH excluding ortho intramolecular Hbond substituents is 1. The molecule has 0 aliphatic carbocycles. The van der Waals surface area contributed by atoms with Crippen LogP contribution in [0.2, 0.25) is 0 Å². The van der Waals surface area contributed by atoms with Gasteiger partial charge in [0.15, 0.2) is 5.75 Å². The minimum Gasteiger partial charge on any atom is -0.505 e. The number of hydrogen-bond acceptors (Lipinski definition) is 5. The van der Waals surface area contributed by atoms with E-state index in [0.29, 0.717) is 17.4 Å². The molecule has 0 unspecified atom stereocenters. The quantitative estimate of drug-likeness (QED) is 0.633. The van der Waals surface area contributed by atoms with Crippen molar-refractivity contribution in [3.63, 3.8) is 0 Å². The van der Waals surface area contributed by atoms with E-state index in [9.17, 15) is 19.1 Å². The van der Waals surface area contributed by atoms with Crippen LogP contribution < -0.4 is 0 Å². The van der Waals surface area contributed by atoms with E-state index >= 15 is 0 Å². The van der Waals surface area contributed by atoms with Crippen molar-refractivity contribution in [2.45, 2.75) is 19.3 Å². The van der Waals surface area contributed by atoms with Gasteiger partial charge < -0.3 is 14.9 Å². The molecule has 1 heterocycles. The highest BCUT2D eigenvalue weighted by Gasteiger charge is 2.19. The summed E-state index contributed by atoms with van der Waals surface area (Å²) in [5.74, 6) is -2.34. The molecule has 0 amide bonds. The zero-order valence-corrected chi connectivity index (χ0v) is 15.1. The number of ether oxygens (including phenoxy) is 1. The second-order valence-electron chi connectivity index (χ2n) is 6.36. The molecule has 28 heavy (non-hydrogen) atoms. The van der Waals surface area contributed by atoms with E-state index in [2.05, 4.69) is 9.72 Å². The average molecular weight is 383 g/mol. The molecular formula is C21H18FNO5. The maximum absolute atomic E-state index is 13.1. The molecule has 0 aliphatic rings. The number of aliphatic carboxylic acids is 1. The molecule has 0 fully saturated rings. The summed E-state index contributed by atoms with van der Waals surface area (Å²) in [7, 11) is 1.20. The standard InChI is InChI=1S/C21H18FNO5/c1-28-21(27)17-10-14(4-7-18(24)25)16-9-13(11-23-19(16)20(17)26)8-12-2-5-15(22)6-3-12/h2-3,5-6,9-11,26H,4,7-8H2,1H3,(H,24,25). The molecule has 0 spiro atoms. The van der Waals surface area contributed by atoms with E-state index in [1.165, 1.54) is 25.3 Å². The van der Waals surface area contributed by atoms with Gasteiger partial charge in [-0.2, -0.15) is 0 Å². The molecule has 0 saturated carbocycles. The van der Waals surface area contributed by atoms with E-state index in [1.54, 1.807) is 24.4 Å². The van der Waals surface area contributed by atoms with E-state index < -0.39 is 11.9 Å². The number of aromatic nitrogens is 1. The highest BCUT2D eigenvalue weighted by Crippen LogP contribution is 2.32. The number of phenols is 1. The fourth-order valence-electron chi connectivity index (χ4n) is 3.04. The zero-order chi connectivity index (χ0) is 20.3. The Labute approximate surface area is 160 Å². The van der Waals surface area contributed by atoms with Crippen molar-refractivity contribution in [2.75, 3.05) is 7.11 Å². The lowest BCUT2D eigenvalue weighted by atomic mass is 9.97. The summed E-state index contributed by atoms with van der Waals surface area (Å²) in [6.07, 6.45) is 2.08. The lowest BCUT2D eigenvalue weighted by Gasteiger charge is -2.12. The Morgan fingerprint density at radius 3 is 2.50 bits per heavy atom. The van der Waals surface area contributed by atoms with Gasteiger partial charge in [0, 0.05) is 18.0 Å². The summed E-state index contributed by atoms with van der Waals surface area (Å²) >= 11 is 0. The SMILES string of the molecule is COC(=O)c1cc(CCC(=O)O)c2cc(Cc3ccc(F)cc3)cnc2c1O. The highest BCUT2D eigenvalue weighted by molar-refractivity contribution is 6.01. The summed E-state index contributed by atoms with van der Waals surface area (Å²) in [4.78, 5) is 27.2. The largest absolute Gasteiger partial charge is 0.505 e. The molecule has 0 atom stereocenters. The molecule has 7 heteroatoms.